The summed E-state index contributed by atoms with van der Waals surface area (Å²) in [4.78, 5) is 13.1. The van der Waals surface area contributed by atoms with E-state index >= 15 is 0 Å². The van der Waals surface area contributed by atoms with Gasteiger partial charge in [0, 0.05) is 25.2 Å². The molecule has 0 amide bonds. The second kappa shape index (κ2) is 6.91. The summed E-state index contributed by atoms with van der Waals surface area (Å²) in [6, 6.07) is -0.124. The third-order valence-electron chi connectivity index (χ3n) is 3.16. The summed E-state index contributed by atoms with van der Waals surface area (Å²) in [7, 11) is -1.62. The number of carbonyl (C=O) groups excluding carboxylic acids is 1. The number of ether oxygens (including phenoxy) is 1. The van der Waals surface area contributed by atoms with Gasteiger partial charge in [-0.1, -0.05) is 0 Å². The van der Waals surface area contributed by atoms with E-state index in [2.05, 4.69) is 10.1 Å². The predicted molar refractivity (Wildman–Crippen MR) is 72.3 cm³/mol. The van der Waals surface area contributed by atoms with E-state index in [0.717, 1.165) is 0 Å². The fraction of sp³-hybridized carbons (Fsp3) is 0.889. The molecule has 2 saturated heterocycles. The Morgan fingerprint density at radius 1 is 1.39 bits per heavy atom. The van der Waals surface area contributed by atoms with E-state index < -0.39 is 9.84 Å². The summed E-state index contributed by atoms with van der Waals surface area (Å²) in [6.07, 6.45) is 0. The van der Waals surface area contributed by atoms with Gasteiger partial charge in [0.2, 0.25) is 0 Å². The summed E-state index contributed by atoms with van der Waals surface area (Å²) >= 11 is 0. The van der Waals surface area contributed by atoms with Crippen molar-refractivity contribution in [3.63, 3.8) is 0 Å². The van der Waals surface area contributed by atoms with Crippen LogP contribution in [0.1, 0.15) is 0 Å². The van der Waals surface area contributed by atoms with Crippen molar-refractivity contribution in [1.29, 1.82) is 0 Å². The summed E-state index contributed by atoms with van der Waals surface area (Å²) < 4.78 is 27.6. The number of fused-ring (bicyclic) bond motifs is 1. The van der Waals surface area contributed by atoms with E-state index in [9.17, 15) is 13.2 Å². The van der Waals surface area contributed by atoms with Gasteiger partial charge >= 0.3 is 5.97 Å². The van der Waals surface area contributed by atoms with Crippen LogP contribution in [0.15, 0.2) is 0 Å². The molecule has 0 aromatic heterocycles. The van der Waals surface area contributed by atoms with Crippen molar-refractivity contribution >= 4 is 40.6 Å². The quantitative estimate of drug-likeness (QED) is 0.663. The van der Waals surface area contributed by atoms with Gasteiger partial charge < -0.3 is 10.1 Å². The summed E-state index contributed by atoms with van der Waals surface area (Å²) in [5.41, 5.74) is 0. The Bertz CT molecular complexity index is 390. The average Bonchev–Trinajstić information content (AvgIpc) is 2.53. The van der Waals surface area contributed by atoms with Crippen LogP contribution < -0.4 is 5.32 Å². The molecule has 0 radical (unpaired) electrons. The van der Waals surface area contributed by atoms with E-state index in [1.807, 2.05) is 4.90 Å². The number of hydrogen-bond donors (Lipinski definition) is 1. The first-order valence-corrected chi connectivity index (χ1v) is 7.08. The Morgan fingerprint density at radius 3 is 2.67 bits per heavy atom. The first-order chi connectivity index (χ1) is 7.52. The number of piperazine rings is 1. The Labute approximate surface area is 119 Å². The molecule has 2 fully saturated rings. The Kier molecular flexibility index (Phi) is 6.87. The second-order valence-corrected chi connectivity index (χ2v) is 6.41. The number of halogens is 2. The Hall–Kier alpha value is -0.0800. The van der Waals surface area contributed by atoms with Crippen LogP contribution in [0.2, 0.25) is 0 Å². The van der Waals surface area contributed by atoms with Crippen LogP contribution in [-0.4, -0.2) is 69.6 Å². The maximum atomic E-state index is 11.5. The van der Waals surface area contributed by atoms with Crippen LogP contribution in [0.4, 0.5) is 0 Å². The number of rotatable bonds is 2. The summed E-state index contributed by atoms with van der Waals surface area (Å²) in [5, 5.41) is 3.18. The smallest absolute Gasteiger partial charge is 0.319 e. The number of nitrogens with zero attached hydrogens (tertiary/aromatic N) is 1. The molecule has 108 valence electrons. The van der Waals surface area contributed by atoms with E-state index in [1.54, 1.807) is 0 Å². The molecular formula is C9H18Cl2N2O4S. The number of sulfone groups is 1. The lowest BCUT2D eigenvalue weighted by molar-refractivity contribution is -0.142. The van der Waals surface area contributed by atoms with E-state index in [4.69, 9.17) is 0 Å². The SMILES string of the molecule is COC(=O)CN1CCN[C@H]2CS(=O)(=O)C[C@H]21.Cl.Cl. The van der Waals surface area contributed by atoms with Crippen molar-refractivity contribution < 1.29 is 17.9 Å². The summed E-state index contributed by atoms with van der Waals surface area (Å²) in [6.45, 7) is 1.58. The number of methoxy groups -OCH3 is 1. The molecule has 0 bridgehead atoms. The number of esters is 1. The fourth-order valence-electron chi connectivity index (χ4n) is 2.37. The largest absolute Gasteiger partial charge is 0.468 e. The minimum absolute atomic E-state index is 0. The molecule has 0 aromatic carbocycles. The maximum absolute atomic E-state index is 11.5. The van der Waals surface area contributed by atoms with Gasteiger partial charge in [-0.2, -0.15) is 0 Å². The molecular weight excluding hydrogens is 303 g/mol. The van der Waals surface area contributed by atoms with Crippen LogP contribution in [0.3, 0.4) is 0 Å². The Balaban J connectivity index is 0.00000144. The van der Waals surface area contributed by atoms with Gasteiger partial charge in [0.15, 0.2) is 9.84 Å². The zero-order chi connectivity index (χ0) is 11.8. The normalized spacial score (nSPS) is 29.6. The van der Waals surface area contributed by atoms with Crippen LogP contribution in [0, 0.1) is 0 Å². The first-order valence-electron chi connectivity index (χ1n) is 5.26. The maximum Gasteiger partial charge on any atom is 0.319 e. The molecule has 18 heavy (non-hydrogen) atoms. The van der Waals surface area contributed by atoms with Crippen molar-refractivity contribution in [1.82, 2.24) is 10.2 Å². The standard InChI is InChI=1S/C9H16N2O4S.2ClH/c1-15-9(12)4-11-3-2-10-7-5-16(13,14)6-8(7)11;;/h7-8,10H,2-6H2,1H3;2*1H/t7-,8+;;/m0../s1. The van der Waals surface area contributed by atoms with E-state index in [-0.39, 0.29) is 60.9 Å². The highest BCUT2D eigenvalue weighted by molar-refractivity contribution is 7.91. The zero-order valence-electron chi connectivity index (χ0n) is 10.00. The molecule has 2 aliphatic heterocycles. The molecule has 6 nitrogen and oxygen atoms in total. The molecule has 2 rings (SSSR count). The number of nitrogens with one attached hydrogen (secondary N) is 1. The lowest BCUT2D eigenvalue weighted by Crippen LogP contribution is -2.58. The van der Waals surface area contributed by atoms with E-state index in [0.29, 0.717) is 13.1 Å². The van der Waals surface area contributed by atoms with Gasteiger partial charge in [-0.3, -0.25) is 9.69 Å². The van der Waals surface area contributed by atoms with Gasteiger partial charge in [-0.15, -0.1) is 24.8 Å². The van der Waals surface area contributed by atoms with Crippen LogP contribution in [-0.2, 0) is 19.4 Å². The predicted octanol–water partition coefficient (Wildman–Crippen LogP) is -0.926. The third-order valence-corrected chi connectivity index (χ3v) is 4.87. The topological polar surface area (TPSA) is 75.7 Å². The van der Waals surface area contributed by atoms with E-state index in [1.165, 1.54) is 7.11 Å². The van der Waals surface area contributed by atoms with Gasteiger partial charge in [-0.25, -0.2) is 8.42 Å². The van der Waals surface area contributed by atoms with Crippen LogP contribution in [0.5, 0.6) is 0 Å². The minimum atomic E-state index is -2.96. The van der Waals surface area contributed by atoms with Crippen molar-refractivity contribution in [3.05, 3.63) is 0 Å². The monoisotopic (exact) mass is 320 g/mol. The number of hydrogen-bond acceptors (Lipinski definition) is 6. The average molecular weight is 321 g/mol. The van der Waals surface area contributed by atoms with Crippen molar-refractivity contribution in [2.45, 2.75) is 12.1 Å². The van der Waals surface area contributed by atoms with Crippen molar-refractivity contribution in [2.24, 2.45) is 0 Å². The molecule has 2 heterocycles. The lowest BCUT2D eigenvalue weighted by atomic mass is 10.1. The highest BCUT2D eigenvalue weighted by Crippen LogP contribution is 2.20. The third kappa shape index (κ3) is 3.96. The number of carbonyl (C=O) groups is 1. The van der Waals surface area contributed by atoms with Crippen LogP contribution >= 0.6 is 24.8 Å². The highest BCUT2D eigenvalue weighted by atomic mass is 35.5. The lowest BCUT2D eigenvalue weighted by Gasteiger charge is -2.36. The van der Waals surface area contributed by atoms with Crippen molar-refractivity contribution in [2.75, 3.05) is 38.2 Å². The molecule has 9 heteroatoms. The first kappa shape index (κ1) is 17.9. The molecule has 2 aliphatic rings. The molecule has 2 atom stereocenters. The summed E-state index contributed by atoms with van der Waals surface area (Å²) in [5.74, 6) is 0.00161. The van der Waals surface area contributed by atoms with Gasteiger partial charge in [-0.05, 0) is 0 Å². The molecule has 0 aromatic rings. The van der Waals surface area contributed by atoms with Crippen LogP contribution in [0.25, 0.3) is 0 Å². The minimum Gasteiger partial charge on any atom is -0.468 e. The zero-order valence-corrected chi connectivity index (χ0v) is 12.4. The van der Waals surface area contributed by atoms with Gasteiger partial charge in [0.05, 0.1) is 25.2 Å². The van der Waals surface area contributed by atoms with Gasteiger partial charge in [0.1, 0.15) is 0 Å². The molecule has 0 unspecified atom stereocenters. The molecule has 0 spiro atoms. The second-order valence-electron chi connectivity index (χ2n) is 4.25. The highest BCUT2D eigenvalue weighted by Gasteiger charge is 2.43. The molecule has 0 aliphatic carbocycles. The fourth-order valence-corrected chi connectivity index (χ4v) is 4.36. The molecule has 1 N–H and O–H groups in total. The Morgan fingerprint density at radius 2 is 2.06 bits per heavy atom. The van der Waals surface area contributed by atoms with Gasteiger partial charge in [0.25, 0.3) is 0 Å². The van der Waals surface area contributed by atoms with Crippen molar-refractivity contribution in [3.8, 4) is 0 Å². The molecule has 0 saturated carbocycles.